The number of halogens is 1. The molecule has 5 aliphatic rings. The molecule has 2 saturated heterocycles. The first-order chi connectivity index (χ1) is 16.5. The van der Waals surface area contributed by atoms with E-state index in [1.165, 1.54) is 0 Å². The van der Waals surface area contributed by atoms with Gasteiger partial charge in [0, 0.05) is 22.3 Å². The molecule has 0 radical (unpaired) electrons. The Morgan fingerprint density at radius 1 is 1.17 bits per heavy atom. The van der Waals surface area contributed by atoms with E-state index in [0.717, 1.165) is 6.42 Å². The van der Waals surface area contributed by atoms with Gasteiger partial charge in [-0.05, 0) is 66.9 Å². The molecule has 6 rings (SSSR count). The molecular weight excluding hydrogens is 472 g/mol. The Kier molecular flexibility index (Phi) is 4.91. The van der Waals surface area contributed by atoms with E-state index in [0.29, 0.717) is 29.9 Å². The number of fused-ring (bicyclic) bond motifs is 1. The van der Waals surface area contributed by atoms with Crippen molar-refractivity contribution in [2.45, 2.75) is 58.0 Å². The molecule has 3 aliphatic carbocycles. The number of ether oxygens (including phenoxy) is 3. The molecule has 0 amide bonds. The standard InChI is InChI=1S/C27H29ClO7/c1-13-16-8-9-17-26-12-33-23(31)19(26)25(2,3)11-10-18(26)34-24(32)27(17,20(13)29)21(16)35-22(30)14-4-6-15(28)7-5-14/h4-7,16-19,21,23,31H,1,8-12H2,2-3H3/t16-,17-,18-,19+,21+,23+,26+,27-/m0/s1. The number of rotatable bonds is 2. The molecular formula is C27H29ClO7. The van der Waals surface area contributed by atoms with Crippen LogP contribution in [0.3, 0.4) is 0 Å². The zero-order valence-corrected chi connectivity index (χ0v) is 20.5. The zero-order chi connectivity index (χ0) is 24.9. The maximum atomic E-state index is 13.9. The number of hydrogen-bond donors (Lipinski definition) is 1. The lowest BCUT2D eigenvalue weighted by Crippen LogP contribution is -2.71. The highest BCUT2D eigenvalue weighted by molar-refractivity contribution is 6.30. The smallest absolute Gasteiger partial charge is 0.338 e. The maximum Gasteiger partial charge on any atom is 0.338 e. The molecule has 35 heavy (non-hydrogen) atoms. The molecule has 8 atom stereocenters. The fraction of sp³-hybridized carbons (Fsp3) is 0.593. The highest BCUT2D eigenvalue weighted by Crippen LogP contribution is 2.71. The highest BCUT2D eigenvalue weighted by atomic mass is 35.5. The fourth-order valence-electron chi connectivity index (χ4n) is 8.26. The summed E-state index contributed by atoms with van der Waals surface area (Å²) < 4.78 is 17.9. The summed E-state index contributed by atoms with van der Waals surface area (Å²) in [5.74, 6) is -2.95. The van der Waals surface area contributed by atoms with Gasteiger partial charge in [0.2, 0.25) is 0 Å². The normalized spacial score (nSPS) is 43.1. The number of hydrogen-bond acceptors (Lipinski definition) is 7. The third-order valence-corrected chi connectivity index (χ3v) is 9.91. The van der Waals surface area contributed by atoms with E-state index in [1.54, 1.807) is 24.3 Å². The van der Waals surface area contributed by atoms with Crippen LogP contribution in [0.5, 0.6) is 0 Å². The van der Waals surface area contributed by atoms with Crippen LogP contribution in [0.1, 0.15) is 49.9 Å². The van der Waals surface area contributed by atoms with Crippen molar-refractivity contribution in [2.75, 3.05) is 6.61 Å². The first-order valence-corrected chi connectivity index (χ1v) is 12.6. The van der Waals surface area contributed by atoms with E-state index >= 15 is 0 Å². The lowest BCUT2D eigenvalue weighted by atomic mass is 9.43. The Bertz CT molecular complexity index is 1140. The number of carbonyl (C=O) groups is 3. The number of ketones is 1. The third-order valence-electron chi connectivity index (χ3n) is 9.66. The van der Waals surface area contributed by atoms with Gasteiger partial charge in [-0.1, -0.05) is 32.0 Å². The van der Waals surface area contributed by atoms with Gasteiger partial charge < -0.3 is 19.3 Å². The Hall–Kier alpha value is -2.22. The zero-order valence-electron chi connectivity index (χ0n) is 19.8. The average molecular weight is 501 g/mol. The van der Waals surface area contributed by atoms with Crippen molar-refractivity contribution >= 4 is 29.3 Å². The van der Waals surface area contributed by atoms with Crippen LogP contribution < -0.4 is 0 Å². The minimum absolute atomic E-state index is 0.189. The second kappa shape index (κ2) is 7.40. The minimum Gasteiger partial charge on any atom is -0.461 e. The number of aliphatic hydroxyl groups excluding tert-OH is 1. The van der Waals surface area contributed by atoms with Crippen LogP contribution in [-0.4, -0.2) is 47.9 Å². The van der Waals surface area contributed by atoms with E-state index in [-0.39, 0.29) is 23.5 Å². The summed E-state index contributed by atoms with van der Waals surface area (Å²) >= 11 is 5.96. The molecule has 1 aromatic carbocycles. The Balaban J connectivity index is 1.48. The van der Waals surface area contributed by atoms with Crippen molar-refractivity contribution in [1.29, 1.82) is 0 Å². The first kappa shape index (κ1) is 23.2. The van der Waals surface area contributed by atoms with E-state index in [4.69, 9.17) is 25.8 Å². The van der Waals surface area contributed by atoms with Crippen LogP contribution in [-0.2, 0) is 23.8 Å². The van der Waals surface area contributed by atoms with Crippen LogP contribution in [0.15, 0.2) is 36.4 Å². The molecule has 2 heterocycles. The minimum atomic E-state index is -1.68. The topological polar surface area (TPSA) is 99.1 Å². The van der Waals surface area contributed by atoms with Crippen molar-refractivity contribution in [3.8, 4) is 0 Å². The Morgan fingerprint density at radius 3 is 2.60 bits per heavy atom. The number of Topliss-reactive ketones (excluding diaryl/α,β-unsaturated/α-hetero) is 1. The summed E-state index contributed by atoms with van der Waals surface area (Å²) in [7, 11) is 0. The number of carbonyl (C=O) groups excluding carboxylic acids is 3. The molecule has 1 aromatic rings. The number of benzene rings is 1. The lowest BCUT2D eigenvalue weighted by Gasteiger charge is -2.62. The first-order valence-electron chi connectivity index (χ1n) is 12.3. The van der Waals surface area contributed by atoms with E-state index in [9.17, 15) is 19.5 Å². The van der Waals surface area contributed by atoms with Gasteiger partial charge in [-0.15, -0.1) is 0 Å². The summed E-state index contributed by atoms with van der Waals surface area (Å²) in [6, 6.07) is 6.28. The van der Waals surface area contributed by atoms with E-state index in [2.05, 4.69) is 20.4 Å². The van der Waals surface area contributed by atoms with Gasteiger partial charge in [0.25, 0.3) is 0 Å². The van der Waals surface area contributed by atoms with Crippen molar-refractivity contribution in [3.05, 3.63) is 47.0 Å². The predicted molar refractivity (Wildman–Crippen MR) is 124 cm³/mol. The van der Waals surface area contributed by atoms with Gasteiger partial charge in [-0.3, -0.25) is 9.59 Å². The van der Waals surface area contributed by atoms with E-state index in [1.807, 2.05) is 0 Å². The molecule has 8 heteroatoms. The lowest BCUT2D eigenvalue weighted by molar-refractivity contribution is -0.249. The van der Waals surface area contributed by atoms with Crippen LogP contribution in [0, 0.1) is 34.0 Å². The Morgan fingerprint density at radius 2 is 1.89 bits per heavy atom. The second-order valence-electron chi connectivity index (χ2n) is 11.5. The fourth-order valence-corrected chi connectivity index (χ4v) is 8.39. The number of aliphatic hydroxyl groups is 1. The third kappa shape index (κ3) is 2.77. The van der Waals surface area contributed by atoms with Crippen LogP contribution in [0.2, 0.25) is 5.02 Å². The van der Waals surface area contributed by atoms with Gasteiger partial charge in [0.1, 0.15) is 12.2 Å². The van der Waals surface area contributed by atoms with Crippen LogP contribution >= 0.6 is 11.6 Å². The van der Waals surface area contributed by atoms with Crippen molar-refractivity contribution in [1.82, 2.24) is 0 Å². The molecule has 7 nitrogen and oxygen atoms in total. The van der Waals surface area contributed by atoms with Gasteiger partial charge in [0.05, 0.1) is 12.2 Å². The average Bonchev–Trinajstić information content (AvgIpc) is 3.23. The molecule has 5 fully saturated rings. The maximum absolute atomic E-state index is 13.9. The highest BCUT2D eigenvalue weighted by Gasteiger charge is 2.81. The van der Waals surface area contributed by atoms with Gasteiger partial charge in [-0.2, -0.15) is 0 Å². The quantitative estimate of drug-likeness (QED) is 0.375. The molecule has 1 N–H and O–H groups in total. The van der Waals surface area contributed by atoms with Crippen molar-refractivity contribution in [2.24, 2.45) is 34.0 Å². The molecule has 2 bridgehead atoms. The largest absolute Gasteiger partial charge is 0.461 e. The predicted octanol–water partition coefficient (Wildman–Crippen LogP) is 3.71. The van der Waals surface area contributed by atoms with Gasteiger partial charge in [-0.25, -0.2) is 4.79 Å². The van der Waals surface area contributed by atoms with Crippen molar-refractivity contribution in [3.63, 3.8) is 0 Å². The molecule has 3 saturated carbocycles. The number of esters is 2. The molecule has 0 unspecified atom stereocenters. The molecule has 186 valence electrons. The SMILES string of the molecule is C=C1C(=O)[C@@]23C(=O)O[C@H]4CCC(C)(C)[C@H]5[C@H](O)OC[C@@]45[C@@H]2CC[C@@H]1[C@H]3OC(=O)c1ccc(Cl)cc1. The summed E-state index contributed by atoms with van der Waals surface area (Å²) in [6.45, 7) is 8.40. The van der Waals surface area contributed by atoms with Gasteiger partial charge in [0.15, 0.2) is 17.5 Å². The molecule has 0 aromatic heterocycles. The summed E-state index contributed by atoms with van der Waals surface area (Å²) in [4.78, 5) is 40.9. The summed E-state index contributed by atoms with van der Waals surface area (Å²) in [5, 5.41) is 11.4. The molecule has 2 aliphatic heterocycles. The second-order valence-corrected chi connectivity index (χ2v) is 11.9. The van der Waals surface area contributed by atoms with Crippen LogP contribution in [0.4, 0.5) is 0 Å². The summed E-state index contributed by atoms with van der Waals surface area (Å²) in [5.41, 5.74) is -2.13. The van der Waals surface area contributed by atoms with Crippen molar-refractivity contribution < 1.29 is 33.7 Å². The van der Waals surface area contributed by atoms with Crippen LogP contribution in [0.25, 0.3) is 0 Å². The van der Waals surface area contributed by atoms with E-state index < -0.39 is 58.9 Å². The monoisotopic (exact) mass is 500 g/mol. The van der Waals surface area contributed by atoms with Gasteiger partial charge >= 0.3 is 11.9 Å². The summed E-state index contributed by atoms with van der Waals surface area (Å²) in [6.07, 6.45) is 0.0113. The molecule has 2 spiro atoms. The Labute approximate surface area is 208 Å².